The summed E-state index contributed by atoms with van der Waals surface area (Å²) in [5.74, 6) is 0.554. The van der Waals surface area contributed by atoms with Gasteiger partial charge in [-0.2, -0.15) is 0 Å². The summed E-state index contributed by atoms with van der Waals surface area (Å²) >= 11 is 4.74. The molecule has 5 heteroatoms. The molecular weight excluding hydrogens is 266 g/mol. The van der Waals surface area contributed by atoms with E-state index >= 15 is 0 Å². The summed E-state index contributed by atoms with van der Waals surface area (Å²) in [5, 5.41) is 4.64. The standard InChI is InChI=1S/C9H12BrNO2S/c1-6(10)5-11-9(12)8-7(13-2)3-4-14-8/h3-4,6H,5H2,1-2H3,(H,11,12). The molecule has 0 fully saturated rings. The fourth-order valence-electron chi connectivity index (χ4n) is 0.937. The molecule has 1 unspecified atom stereocenters. The molecule has 3 nitrogen and oxygen atoms in total. The summed E-state index contributed by atoms with van der Waals surface area (Å²) in [6.45, 7) is 2.59. The second-order valence-corrected chi connectivity index (χ2v) is 5.29. The van der Waals surface area contributed by atoms with Gasteiger partial charge in [-0.25, -0.2) is 0 Å². The van der Waals surface area contributed by atoms with Crippen molar-refractivity contribution in [2.45, 2.75) is 11.8 Å². The van der Waals surface area contributed by atoms with Crippen LogP contribution < -0.4 is 10.1 Å². The fraction of sp³-hybridized carbons (Fsp3) is 0.444. The molecule has 0 spiro atoms. The number of alkyl halides is 1. The van der Waals surface area contributed by atoms with E-state index in [1.54, 1.807) is 13.2 Å². The number of carbonyl (C=O) groups is 1. The van der Waals surface area contributed by atoms with Crippen LogP contribution in [0.3, 0.4) is 0 Å². The van der Waals surface area contributed by atoms with Gasteiger partial charge in [0.25, 0.3) is 5.91 Å². The van der Waals surface area contributed by atoms with E-state index in [0.29, 0.717) is 17.2 Å². The van der Waals surface area contributed by atoms with Crippen LogP contribution in [0.5, 0.6) is 5.75 Å². The van der Waals surface area contributed by atoms with Gasteiger partial charge in [0.05, 0.1) is 7.11 Å². The molecule has 0 aromatic carbocycles. The number of thiophene rings is 1. The number of carbonyl (C=O) groups excluding carboxylic acids is 1. The van der Waals surface area contributed by atoms with Gasteiger partial charge in [0.15, 0.2) is 0 Å². The molecule has 0 saturated heterocycles. The van der Waals surface area contributed by atoms with Crippen LogP contribution in [0.4, 0.5) is 0 Å². The second kappa shape index (κ2) is 5.36. The number of methoxy groups -OCH3 is 1. The largest absolute Gasteiger partial charge is 0.495 e. The minimum Gasteiger partial charge on any atom is -0.495 e. The first-order valence-electron chi connectivity index (χ1n) is 4.19. The highest BCUT2D eigenvalue weighted by atomic mass is 79.9. The first-order chi connectivity index (χ1) is 6.65. The van der Waals surface area contributed by atoms with Gasteiger partial charge in [-0.05, 0) is 11.4 Å². The van der Waals surface area contributed by atoms with Crippen LogP contribution in [-0.2, 0) is 0 Å². The lowest BCUT2D eigenvalue weighted by molar-refractivity contribution is 0.0955. The van der Waals surface area contributed by atoms with E-state index < -0.39 is 0 Å². The summed E-state index contributed by atoms with van der Waals surface area (Å²) in [6.07, 6.45) is 0. The monoisotopic (exact) mass is 277 g/mol. The van der Waals surface area contributed by atoms with Crippen LogP contribution in [0, 0.1) is 0 Å². The third-order valence-electron chi connectivity index (χ3n) is 1.60. The van der Waals surface area contributed by atoms with E-state index in [2.05, 4.69) is 21.2 Å². The molecule has 0 saturated carbocycles. The number of ether oxygens (including phenoxy) is 1. The van der Waals surface area contributed by atoms with Crippen LogP contribution in [-0.4, -0.2) is 24.4 Å². The third-order valence-corrected chi connectivity index (χ3v) is 2.82. The number of rotatable bonds is 4. The zero-order valence-corrected chi connectivity index (χ0v) is 10.4. The molecule has 1 rings (SSSR count). The van der Waals surface area contributed by atoms with Gasteiger partial charge in [-0.3, -0.25) is 4.79 Å². The summed E-state index contributed by atoms with van der Waals surface area (Å²) in [7, 11) is 1.56. The van der Waals surface area contributed by atoms with Crippen LogP contribution in [0.1, 0.15) is 16.6 Å². The first kappa shape index (κ1) is 11.5. The molecule has 1 aromatic rings. The molecule has 1 atom stereocenters. The van der Waals surface area contributed by atoms with Gasteiger partial charge in [-0.1, -0.05) is 22.9 Å². The van der Waals surface area contributed by atoms with Crippen LogP contribution in [0.25, 0.3) is 0 Å². The Hall–Kier alpha value is -0.550. The van der Waals surface area contributed by atoms with Crippen LogP contribution >= 0.6 is 27.3 Å². The Morgan fingerprint density at radius 2 is 2.50 bits per heavy atom. The Bertz CT molecular complexity index is 312. The Kier molecular flexibility index (Phi) is 4.41. The van der Waals surface area contributed by atoms with Crippen molar-refractivity contribution in [3.05, 3.63) is 16.3 Å². The molecule has 0 aliphatic heterocycles. The maximum absolute atomic E-state index is 11.6. The van der Waals surface area contributed by atoms with Gasteiger partial charge >= 0.3 is 0 Å². The molecule has 0 aliphatic rings. The molecule has 78 valence electrons. The maximum atomic E-state index is 11.6. The number of amides is 1. The molecule has 0 bridgehead atoms. The number of hydrogen-bond acceptors (Lipinski definition) is 3. The zero-order chi connectivity index (χ0) is 10.6. The first-order valence-corrected chi connectivity index (χ1v) is 5.98. The van der Waals surface area contributed by atoms with Gasteiger partial charge in [0.1, 0.15) is 10.6 Å². The number of halogens is 1. The highest BCUT2D eigenvalue weighted by molar-refractivity contribution is 9.09. The van der Waals surface area contributed by atoms with Crippen molar-refractivity contribution in [2.75, 3.05) is 13.7 Å². The summed E-state index contributed by atoms with van der Waals surface area (Å²) in [6, 6.07) is 1.79. The lowest BCUT2D eigenvalue weighted by Crippen LogP contribution is -2.27. The molecule has 1 N–H and O–H groups in total. The minimum absolute atomic E-state index is 0.0804. The van der Waals surface area contributed by atoms with Crippen molar-refractivity contribution in [2.24, 2.45) is 0 Å². The van der Waals surface area contributed by atoms with Crippen molar-refractivity contribution >= 4 is 33.2 Å². The van der Waals surface area contributed by atoms with Crippen molar-refractivity contribution in [3.8, 4) is 5.75 Å². The number of nitrogens with one attached hydrogen (secondary N) is 1. The molecule has 1 aromatic heterocycles. The summed E-state index contributed by atoms with van der Waals surface area (Å²) in [5.41, 5.74) is 0. The fourth-order valence-corrected chi connectivity index (χ4v) is 1.87. The van der Waals surface area contributed by atoms with Crippen LogP contribution in [0.15, 0.2) is 11.4 Å². The van der Waals surface area contributed by atoms with Crippen molar-refractivity contribution in [1.82, 2.24) is 5.32 Å². The Labute approximate surface area is 95.6 Å². The van der Waals surface area contributed by atoms with E-state index in [4.69, 9.17) is 4.74 Å². The van der Waals surface area contributed by atoms with E-state index in [1.165, 1.54) is 11.3 Å². The molecule has 1 amide bonds. The quantitative estimate of drug-likeness (QED) is 0.858. The molecule has 1 heterocycles. The molecule has 0 aliphatic carbocycles. The predicted octanol–water partition coefficient (Wildman–Crippen LogP) is 2.27. The summed E-state index contributed by atoms with van der Waals surface area (Å²) in [4.78, 5) is 12.5. The number of hydrogen-bond donors (Lipinski definition) is 1. The van der Waals surface area contributed by atoms with Crippen molar-refractivity contribution < 1.29 is 9.53 Å². The predicted molar refractivity (Wildman–Crippen MR) is 61.6 cm³/mol. The minimum atomic E-state index is -0.0804. The summed E-state index contributed by atoms with van der Waals surface area (Å²) < 4.78 is 5.05. The van der Waals surface area contributed by atoms with Crippen LogP contribution in [0.2, 0.25) is 0 Å². The normalized spacial score (nSPS) is 12.2. The van der Waals surface area contributed by atoms with Gasteiger partial charge in [0.2, 0.25) is 0 Å². The smallest absolute Gasteiger partial charge is 0.265 e. The Morgan fingerprint density at radius 3 is 3.07 bits per heavy atom. The Balaban J connectivity index is 2.60. The maximum Gasteiger partial charge on any atom is 0.265 e. The van der Waals surface area contributed by atoms with E-state index in [-0.39, 0.29) is 10.7 Å². The Morgan fingerprint density at radius 1 is 1.79 bits per heavy atom. The highest BCUT2D eigenvalue weighted by Crippen LogP contribution is 2.23. The lowest BCUT2D eigenvalue weighted by Gasteiger charge is -2.06. The average Bonchev–Trinajstić information content (AvgIpc) is 2.61. The third kappa shape index (κ3) is 2.99. The zero-order valence-electron chi connectivity index (χ0n) is 8.04. The van der Waals surface area contributed by atoms with Crippen molar-refractivity contribution in [1.29, 1.82) is 0 Å². The molecular formula is C9H12BrNO2S. The van der Waals surface area contributed by atoms with Gasteiger partial charge < -0.3 is 10.1 Å². The van der Waals surface area contributed by atoms with Gasteiger partial charge in [-0.15, -0.1) is 11.3 Å². The average molecular weight is 278 g/mol. The SMILES string of the molecule is COc1ccsc1C(=O)NCC(C)Br. The highest BCUT2D eigenvalue weighted by Gasteiger charge is 2.13. The van der Waals surface area contributed by atoms with E-state index in [0.717, 1.165) is 0 Å². The van der Waals surface area contributed by atoms with E-state index in [1.807, 2.05) is 12.3 Å². The molecule has 0 radical (unpaired) electrons. The van der Waals surface area contributed by atoms with Crippen molar-refractivity contribution in [3.63, 3.8) is 0 Å². The topological polar surface area (TPSA) is 38.3 Å². The van der Waals surface area contributed by atoms with Gasteiger partial charge in [0, 0.05) is 11.4 Å². The van der Waals surface area contributed by atoms with E-state index in [9.17, 15) is 4.79 Å². The molecule has 14 heavy (non-hydrogen) atoms. The second-order valence-electron chi connectivity index (χ2n) is 2.81. The lowest BCUT2D eigenvalue weighted by atomic mass is 10.4.